The summed E-state index contributed by atoms with van der Waals surface area (Å²) in [6, 6.07) is 0. The van der Waals surface area contributed by atoms with Crippen LogP contribution in [0.4, 0.5) is 0 Å². The van der Waals surface area contributed by atoms with E-state index in [4.69, 9.17) is 0 Å². The van der Waals surface area contributed by atoms with Gasteiger partial charge in [-0.3, -0.25) is 0 Å². The second-order valence-electron chi connectivity index (χ2n) is 3.50. The molecule has 0 spiro atoms. The fourth-order valence-electron chi connectivity index (χ4n) is 2.65. The Hall–Kier alpha value is -0.0400. The first-order valence-electron chi connectivity index (χ1n) is 4.01. The summed E-state index contributed by atoms with van der Waals surface area (Å²) in [5.41, 5.74) is -0.172. The summed E-state index contributed by atoms with van der Waals surface area (Å²) < 4.78 is 0. The molecule has 0 heterocycles. The van der Waals surface area contributed by atoms with Gasteiger partial charge in [-0.15, -0.1) is 0 Å². The van der Waals surface area contributed by atoms with E-state index >= 15 is 0 Å². The third kappa shape index (κ3) is 0.536. The maximum atomic E-state index is 9.73. The lowest BCUT2D eigenvalue weighted by Crippen LogP contribution is -2.07. The zero-order valence-corrected chi connectivity index (χ0v) is 5.93. The van der Waals surface area contributed by atoms with Gasteiger partial charge >= 0.3 is 0 Å². The minimum atomic E-state index is -0.172. The Balaban J connectivity index is 2.08. The molecule has 0 aliphatic heterocycles. The molecule has 52 valence electrons. The van der Waals surface area contributed by atoms with Gasteiger partial charge in [0, 0.05) is 0 Å². The Morgan fingerprint density at radius 3 is 2.78 bits per heavy atom. The largest absolute Gasteiger partial charge is 0.389 e. The van der Waals surface area contributed by atoms with Gasteiger partial charge in [0.2, 0.25) is 0 Å². The maximum Gasteiger partial charge on any atom is 0.0711 e. The van der Waals surface area contributed by atoms with Crippen molar-refractivity contribution in [2.24, 2.45) is 11.8 Å². The van der Waals surface area contributed by atoms with E-state index in [2.05, 4.69) is 6.92 Å². The molecular weight excluding hydrogens is 112 g/mol. The Kier molecular flexibility index (Phi) is 0.963. The molecular formula is C8H14O. The van der Waals surface area contributed by atoms with E-state index in [-0.39, 0.29) is 5.60 Å². The fourth-order valence-corrected chi connectivity index (χ4v) is 2.65. The summed E-state index contributed by atoms with van der Waals surface area (Å²) in [6.45, 7) is 2.18. The van der Waals surface area contributed by atoms with Crippen LogP contribution in [-0.2, 0) is 0 Å². The van der Waals surface area contributed by atoms with Gasteiger partial charge in [-0.2, -0.15) is 0 Å². The molecule has 0 saturated heterocycles. The van der Waals surface area contributed by atoms with Crippen LogP contribution in [0.5, 0.6) is 0 Å². The second kappa shape index (κ2) is 1.51. The Morgan fingerprint density at radius 2 is 2.44 bits per heavy atom. The minimum absolute atomic E-state index is 0.172. The lowest BCUT2D eigenvalue weighted by atomic mass is 10.1. The Morgan fingerprint density at radius 1 is 1.67 bits per heavy atom. The van der Waals surface area contributed by atoms with Crippen LogP contribution in [0.2, 0.25) is 0 Å². The van der Waals surface area contributed by atoms with E-state index in [1.807, 2.05) is 0 Å². The van der Waals surface area contributed by atoms with Crippen LogP contribution in [0.1, 0.15) is 32.6 Å². The van der Waals surface area contributed by atoms with Gasteiger partial charge < -0.3 is 5.11 Å². The van der Waals surface area contributed by atoms with Gasteiger partial charge in [0.25, 0.3) is 0 Å². The van der Waals surface area contributed by atoms with Gasteiger partial charge in [0.15, 0.2) is 0 Å². The summed E-state index contributed by atoms with van der Waals surface area (Å²) in [7, 11) is 0. The molecule has 2 saturated carbocycles. The highest BCUT2D eigenvalue weighted by molar-refractivity contribution is 5.14. The molecule has 9 heavy (non-hydrogen) atoms. The lowest BCUT2D eigenvalue weighted by molar-refractivity contribution is 0.124. The molecule has 0 aromatic carbocycles. The predicted molar refractivity (Wildman–Crippen MR) is 36.1 cm³/mol. The summed E-state index contributed by atoms with van der Waals surface area (Å²) in [5.74, 6) is 1.37. The third-order valence-electron chi connectivity index (χ3n) is 3.19. The van der Waals surface area contributed by atoms with Crippen molar-refractivity contribution < 1.29 is 5.11 Å². The minimum Gasteiger partial charge on any atom is -0.389 e. The van der Waals surface area contributed by atoms with E-state index in [1.165, 1.54) is 19.3 Å². The number of hydrogen-bond donors (Lipinski definition) is 1. The second-order valence-corrected chi connectivity index (χ2v) is 3.50. The van der Waals surface area contributed by atoms with Crippen molar-refractivity contribution in [2.75, 3.05) is 0 Å². The molecule has 2 fully saturated rings. The highest BCUT2D eigenvalue weighted by Gasteiger charge is 2.64. The van der Waals surface area contributed by atoms with Crippen LogP contribution in [0, 0.1) is 11.8 Å². The molecule has 1 nitrogen and oxygen atoms in total. The molecule has 2 aliphatic carbocycles. The zero-order chi connectivity index (χ0) is 6.48. The van der Waals surface area contributed by atoms with Crippen LogP contribution in [0.25, 0.3) is 0 Å². The lowest BCUT2D eigenvalue weighted by Gasteiger charge is -2.03. The quantitative estimate of drug-likeness (QED) is 0.565. The molecule has 1 N–H and O–H groups in total. The number of fused-ring (bicyclic) bond motifs is 1. The first kappa shape index (κ1) is 5.72. The molecule has 0 amide bonds. The first-order valence-corrected chi connectivity index (χ1v) is 4.01. The Bertz CT molecular complexity index is 127. The smallest absolute Gasteiger partial charge is 0.0711 e. The van der Waals surface area contributed by atoms with Gasteiger partial charge in [-0.1, -0.05) is 19.8 Å². The average molecular weight is 126 g/mol. The van der Waals surface area contributed by atoms with Crippen molar-refractivity contribution in [3.63, 3.8) is 0 Å². The van der Waals surface area contributed by atoms with Gasteiger partial charge in [-0.05, 0) is 24.7 Å². The van der Waals surface area contributed by atoms with Crippen LogP contribution < -0.4 is 0 Å². The zero-order valence-electron chi connectivity index (χ0n) is 5.93. The first-order chi connectivity index (χ1) is 4.29. The monoisotopic (exact) mass is 126 g/mol. The van der Waals surface area contributed by atoms with Crippen molar-refractivity contribution in [3.05, 3.63) is 0 Å². The van der Waals surface area contributed by atoms with Crippen molar-refractivity contribution in [1.29, 1.82) is 0 Å². The van der Waals surface area contributed by atoms with Crippen LogP contribution in [0.3, 0.4) is 0 Å². The van der Waals surface area contributed by atoms with E-state index in [0.717, 1.165) is 6.42 Å². The van der Waals surface area contributed by atoms with E-state index in [1.54, 1.807) is 0 Å². The predicted octanol–water partition coefficient (Wildman–Crippen LogP) is 1.56. The molecule has 1 unspecified atom stereocenters. The molecule has 2 aliphatic rings. The van der Waals surface area contributed by atoms with Crippen LogP contribution in [-0.4, -0.2) is 10.7 Å². The summed E-state index contributed by atoms with van der Waals surface area (Å²) >= 11 is 0. The molecule has 0 bridgehead atoms. The normalized spacial score (nSPS) is 55.3. The van der Waals surface area contributed by atoms with E-state index in [0.29, 0.717) is 11.8 Å². The SMILES string of the molecule is CCC1[C@@H]2CCC[C@]12O. The number of rotatable bonds is 1. The molecule has 2 rings (SSSR count). The molecule has 0 aromatic rings. The van der Waals surface area contributed by atoms with E-state index in [9.17, 15) is 5.11 Å². The third-order valence-corrected chi connectivity index (χ3v) is 3.19. The average Bonchev–Trinajstić information content (AvgIpc) is 2.16. The highest BCUT2D eigenvalue weighted by atomic mass is 16.3. The van der Waals surface area contributed by atoms with E-state index < -0.39 is 0 Å². The van der Waals surface area contributed by atoms with Gasteiger partial charge in [0.05, 0.1) is 5.60 Å². The molecule has 0 aromatic heterocycles. The van der Waals surface area contributed by atoms with Gasteiger partial charge in [-0.25, -0.2) is 0 Å². The summed E-state index contributed by atoms with van der Waals surface area (Å²) in [4.78, 5) is 0. The van der Waals surface area contributed by atoms with Crippen molar-refractivity contribution >= 4 is 0 Å². The summed E-state index contributed by atoms with van der Waals surface area (Å²) in [5, 5.41) is 9.73. The number of hydrogen-bond acceptors (Lipinski definition) is 1. The van der Waals surface area contributed by atoms with Crippen molar-refractivity contribution in [1.82, 2.24) is 0 Å². The fraction of sp³-hybridized carbons (Fsp3) is 1.00. The van der Waals surface area contributed by atoms with Crippen molar-refractivity contribution in [2.45, 2.75) is 38.2 Å². The standard InChI is InChI=1S/C8H14O/c1-2-6-7-4-3-5-8(6,7)9/h6-7,9H,2-5H2,1H3/t6?,7-,8-/m0/s1. The molecule has 3 atom stereocenters. The molecule has 0 radical (unpaired) electrons. The highest BCUT2D eigenvalue weighted by Crippen LogP contribution is 2.62. The Labute approximate surface area is 56.1 Å². The van der Waals surface area contributed by atoms with Crippen LogP contribution in [0.15, 0.2) is 0 Å². The van der Waals surface area contributed by atoms with Crippen molar-refractivity contribution in [3.8, 4) is 0 Å². The number of aliphatic hydroxyl groups is 1. The van der Waals surface area contributed by atoms with Gasteiger partial charge in [0.1, 0.15) is 0 Å². The maximum absolute atomic E-state index is 9.73. The van der Waals surface area contributed by atoms with Crippen LogP contribution >= 0.6 is 0 Å². The molecule has 1 heteroatoms. The summed E-state index contributed by atoms with van der Waals surface area (Å²) in [6.07, 6.45) is 4.81. The topological polar surface area (TPSA) is 20.2 Å².